The largest absolute Gasteiger partial charge is 0.478 e. The van der Waals surface area contributed by atoms with Gasteiger partial charge in [-0.25, -0.2) is 4.79 Å². The molecule has 0 aliphatic heterocycles. The van der Waals surface area contributed by atoms with Gasteiger partial charge in [0.05, 0.1) is 5.56 Å². The van der Waals surface area contributed by atoms with Crippen molar-refractivity contribution in [3.8, 4) is 11.1 Å². The average molecular weight is 366 g/mol. The van der Waals surface area contributed by atoms with Crippen LogP contribution in [0.1, 0.15) is 49.0 Å². The molecular weight excluding hydrogens is 340 g/mol. The number of nitrogens with one attached hydrogen (secondary N) is 1. The van der Waals surface area contributed by atoms with E-state index >= 15 is 0 Å². The molecule has 5 nitrogen and oxygen atoms in total. The van der Waals surface area contributed by atoms with Gasteiger partial charge in [-0.1, -0.05) is 43.3 Å². The molecule has 142 valence electrons. The summed E-state index contributed by atoms with van der Waals surface area (Å²) in [4.78, 5) is 24.5. The van der Waals surface area contributed by atoms with E-state index in [0.29, 0.717) is 25.2 Å². The zero-order valence-electron chi connectivity index (χ0n) is 15.9. The molecular formula is C22H26N2O3. The molecule has 27 heavy (non-hydrogen) atoms. The van der Waals surface area contributed by atoms with E-state index in [1.807, 2.05) is 38.1 Å². The Kier molecular flexibility index (Phi) is 7.29. The van der Waals surface area contributed by atoms with Gasteiger partial charge in [-0.2, -0.15) is 0 Å². The number of carbonyl (C=O) groups excluding carboxylic acids is 1. The van der Waals surface area contributed by atoms with Crippen molar-refractivity contribution in [2.24, 2.45) is 0 Å². The lowest BCUT2D eigenvalue weighted by molar-refractivity contribution is -0.127. The highest BCUT2D eigenvalue weighted by molar-refractivity contribution is 5.96. The Bertz CT molecular complexity index is 830. The summed E-state index contributed by atoms with van der Waals surface area (Å²) < 4.78 is 0. The second-order valence-electron chi connectivity index (χ2n) is 6.38. The van der Waals surface area contributed by atoms with E-state index in [2.05, 4.69) is 6.07 Å². The number of nitrogens with zero attached hydrogens (tertiary/aromatic N) is 1. The van der Waals surface area contributed by atoms with E-state index in [-0.39, 0.29) is 11.5 Å². The van der Waals surface area contributed by atoms with E-state index < -0.39 is 5.97 Å². The van der Waals surface area contributed by atoms with Crippen LogP contribution in [0.2, 0.25) is 0 Å². The molecule has 0 spiro atoms. The molecule has 0 atom stereocenters. The first-order chi connectivity index (χ1) is 13.0. The van der Waals surface area contributed by atoms with Gasteiger partial charge in [0.25, 0.3) is 0 Å². The maximum absolute atomic E-state index is 11.8. The number of amides is 1. The van der Waals surface area contributed by atoms with Crippen LogP contribution >= 0.6 is 0 Å². The molecule has 1 amide bonds. The molecule has 2 rings (SSSR count). The first kappa shape index (κ1) is 20.4. The summed E-state index contributed by atoms with van der Waals surface area (Å²) in [6.07, 6.45) is 2.55. The average Bonchev–Trinajstić information content (AvgIpc) is 2.68. The number of amidine groups is 1. The van der Waals surface area contributed by atoms with Crippen LogP contribution in [-0.4, -0.2) is 34.3 Å². The van der Waals surface area contributed by atoms with Gasteiger partial charge in [0.1, 0.15) is 5.84 Å². The van der Waals surface area contributed by atoms with Crippen LogP contribution in [0.4, 0.5) is 0 Å². The molecule has 0 saturated carbocycles. The van der Waals surface area contributed by atoms with Crippen LogP contribution in [0.3, 0.4) is 0 Å². The Morgan fingerprint density at radius 2 is 1.70 bits per heavy atom. The number of hydrogen-bond acceptors (Lipinski definition) is 3. The maximum atomic E-state index is 11.8. The van der Waals surface area contributed by atoms with Crippen molar-refractivity contribution in [2.45, 2.75) is 39.5 Å². The monoisotopic (exact) mass is 366 g/mol. The molecule has 2 aromatic carbocycles. The molecule has 0 aliphatic rings. The molecule has 0 radical (unpaired) electrons. The fraction of sp³-hybridized carbons (Fsp3) is 0.318. The molecule has 0 bridgehead atoms. The topological polar surface area (TPSA) is 81.5 Å². The van der Waals surface area contributed by atoms with E-state index in [1.54, 1.807) is 18.2 Å². The van der Waals surface area contributed by atoms with Crippen molar-refractivity contribution in [3.63, 3.8) is 0 Å². The third-order valence-electron chi connectivity index (χ3n) is 4.49. The van der Waals surface area contributed by atoms with Gasteiger partial charge in [-0.05, 0) is 48.6 Å². The number of carboxylic acid groups (broad SMARTS) is 1. The number of carbonyl (C=O) groups is 2. The molecule has 0 heterocycles. The quantitative estimate of drug-likeness (QED) is 0.529. The second kappa shape index (κ2) is 9.67. The van der Waals surface area contributed by atoms with E-state index in [9.17, 15) is 9.59 Å². The minimum absolute atomic E-state index is 0.0113. The number of benzene rings is 2. The molecule has 0 saturated heterocycles. The summed E-state index contributed by atoms with van der Waals surface area (Å²) in [5, 5.41) is 17.3. The molecule has 5 heteroatoms. The first-order valence-corrected chi connectivity index (χ1v) is 9.26. The highest BCUT2D eigenvalue weighted by atomic mass is 16.4. The van der Waals surface area contributed by atoms with Crippen molar-refractivity contribution in [1.82, 2.24) is 4.90 Å². The SMILES string of the molecule is CCC(=O)N(CC)C(=N)CCCc1cccc(-c2cccc(C(=O)O)c2)c1. The normalized spacial score (nSPS) is 10.4. The van der Waals surface area contributed by atoms with Crippen LogP contribution in [0.15, 0.2) is 48.5 Å². The Balaban J connectivity index is 2.02. The summed E-state index contributed by atoms with van der Waals surface area (Å²) in [5.74, 6) is -0.578. The highest BCUT2D eigenvalue weighted by Crippen LogP contribution is 2.22. The minimum Gasteiger partial charge on any atom is -0.478 e. The van der Waals surface area contributed by atoms with Crippen molar-refractivity contribution in [2.75, 3.05) is 6.54 Å². The zero-order chi connectivity index (χ0) is 19.8. The fourth-order valence-corrected chi connectivity index (χ4v) is 3.04. The zero-order valence-corrected chi connectivity index (χ0v) is 15.9. The maximum Gasteiger partial charge on any atom is 0.335 e. The molecule has 2 aromatic rings. The van der Waals surface area contributed by atoms with E-state index in [1.165, 1.54) is 4.90 Å². The summed E-state index contributed by atoms with van der Waals surface area (Å²) in [7, 11) is 0. The first-order valence-electron chi connectivity index (χ1n) is 9.26. The number of aromatic carboxylic acids is 1. The van der Waals surface area contributed by atoms with Crippen molar-refractivity contribution in [1.29, 1.82) is 5.41 Å². The molecule has 2 N–H and O–H groups in total. The van der Waals surface area contributed by atoms with Gasteiger partial charge in [0, 0.05) is 19.4 Å². The lowest BCUT2D eigenvalue weighted by atomic mass is 9.99. The minimum atomic E-state index is -0.936. The van der Waals surface area contributed by atoms with E-state index in [4.69, 9.17) is 10.5 Å². The van der Waals surface area contributed by atoms with Gasteiger partial charge in [0.15, 0.2) is 0 Å². The Morgan fingerprint density at radius 1 is 1.04 bits per heavy atom. The van der Waals surface area contributed by atoms with Crippen LogP contribution in [-0.2, 0) is 11.2 Å². The van der Waals surface area contributed by atoms with Gasteiger partial charge in [-0.3, -0.25) is 10.2 Å². The molecule has 0 unspecified atom stereocenters. The predicted octanol–water partition coefficient (Wildman–Crippen LogP) is 4.61. The third kappa shape index (κ3) is 5.51. The van der Waals surface area contributed by atoms with Gasteiger partial charge in [-0.15, -0.1) is 0 Å². The summed E-state index contributed by atoms with van der Waals surface area (Å²) in [5.41, 5.74) is 3.25. The molecule has 0 aliphatic carbocycles. The molecule has 0 aromatic heterocycles. The number of hydrogen-bond donors (Lipinski definition) is 2. The summed E-state index contributed by atoms with van der Waals surface area (Å²) in [6.45, 7) is 4.22. The predicted molar refractivity (Wildman–Crippen MR) is 107 cm³/mol. The van der Waals surface area contributed by atoms with E-state index in [0.717, 1.165) is 29.5 Å². The van der Waals surface area contributed by atoms with Gasteiger partial charge < -0.3 is 10.0 Å². The summed E-state index contributed by atoms with van der Waals surface area (Å²) >= 11 is 0. The van der Waals surface area contributed by atoms with Crippen LogP contribution in [0, 0.1) is 5.41 Å². The van der Waals surface area contributed by atoms with Crippen molar-refractivity contribution in [3.05, 3.63) is 59.7 Å². The van der Waals surface area contributed by atoms with Crippen LogP contribution in [0.25, 0.3) is 11.1 Å². The Morgan fingerprint density at radius 3 is 2.33 bits per heavy atom. The van der Waals surface area contributed by atoms with Crippen LogP contribution in [0.5, 0.6) is 0 Å². The van der Waals surface area contributed by atoms with Gasteiger partial charge >= 0.3 is 5.97 Å². The lowest BCUT2D eigenvalue weighted by Crippen LogP contribution is -2.35. The van der Waals surface area contributed by atoms with Crippen molar-refractivity contribution >= 4 is 17.7 Å². The summed E-state index contributed by atoms with van der Waals surface area (Å²) in [6, 6.07) is 14.9. The highest BCUT2D eigenvalue weighted by Gasteiger charge is 2.14. The number of aryl methyl sites for hydroxylation is 1. The fourth-order valence-electron chi connectivity index (χ4n) is 3.04. The third-order valence-corrected chi connectivity index (χ3v) is 4.49. The smallest absolute Gasteiger partial charge is 0.335 e. The Hall–Kier alpha value is -2.95. The van der Waals surface area contributed by atoms with Gasteiger partial charge in [0.2, 0.25) is 5.91 Å². The number of carboxylic acids is 1. The Labute approximate surface area is 160 Å². The number of rotatable bonds is 8. The molecule has 0 fully saturated rings. The second-order valence-corrected chi connectivity index (χ2v) is 6.38. The van der Waals surface area contributed by atoms with Crippen molar-refractivity contribution < 1.29 is 14.7 Å². The standard InChI is InChI=1S/C22H26N2O3/c1-3-21(25)24(4-2)20(23)13-6-9-16-8-5-10-17(14-16)18-11-7-12-19(15-18)22(26)27/h5,7-8,10-12,14-15,23H,3-4,6,9,13H2,1-2H3,(H,26,27). The lowest BCUT2D eigenvalue weighted by Gasteiger charge is -2.21. The van der Waals surface area contributed by atoms with Crippen LogP contribution < -0.4 is 0 Å².